The van der Waals surface area contributed by atoms with E-state index in [-0.39, 0.29) is 18.2 Å². The summed E-state index contributed by atoms with van der Waals surface area (Å²) in [6.45, 7) is 0.913. The molecule has 0 bridgehead atoms. The zero-order valence-electron chi connectivity index (χ0n) is 19.0. The maximum absolute atomic E-state index is 13.5. The lowest BCUT2D eigenvalue weighted by atomic mass is 10.1. The second-order valence-electron chi connectivity index (χ2n) is 8.34. The molecule has 5 rings (SSSR count). The number of amides is 2. The molecule has 1 N–H and O–H groups in total. The van der Waals surface area contributed by atoms with Gasteiger partial charge in [-0.2, -0.15) is 0 Å². The van der Waals surface area contributed by atoms with Crippen LogP contribution in [0.25, 0.3) is 11.0 Å². The molecule has 3 aromatic carbocycles. The van der Waals surface area contributed by atoms with E-state index in [0.717, 1.165) is 27.9 Å². The Morgan fingerprint density at radius 2 is 1.71 bits per heavy atom. The molecule has 172 valence electrons. The molecule has 1 aliphatic heterocycles. The SMILES string of the molecule is COc1ccc(CCN2C(=O)[C@@H](CC(=O)NCc3ccccc3)n3c2nc2ccccc23)cc1. The average Bonchev–Trinajstić information content (AvgIpc) is 3.37. The normalized spacial score (nSPS) is 14.9. The van der Waals surface area contributed by atoms with Gasteiger partial charge in [-0.1, -0.05) is 54.6 Å². The minimum absolute atomic E-state index is 0.0675. The van der Waals surface area contributed by atoms with Gasteiger partial charge in [0.2, 0.25) is 11.9 Å². The Kier molecular flexibility index (Phi) is 5.99. The van der Waals surface area contributed by atoms with Gasteiger partial charge in [-0.25, -0.2) is 4.98 Å². The van der Waals surface area contributed by atoms with Crippen LogP contribution in [0.3, 0.4) is 0 Å². The lowest BCUT2D eigenvalue weighted by Crippen LogP contribution is -2.34. The van der Waals surface area contributed by atoms with Crippen LogP contribution in [0.15, 0.2) is 78.9 Å². The number of hydrogen-bond donors (Lipinski definition) is 1. The second-order valence-corrected chi connectivity index (χ2v) is 8.34. The van der Waals surface area contributed by atoms with E-state index < -0.39 is 6.04 Å². The zero-order chi connectivity index (χ0) is 23.5. The number of carbonyl (C=O) groups excluding carboxylic acids is 2. The summed E-state index contributed by atoms with van der Waals surface area (Å²) in [5.41, 5.74) is 3.79. The highest BCUT2D eigenvalue weighted by Crippen LogP contribution is 2.36. The van der Waals surface area contributed by atoms with Crippen LogP contribution < -0.4 is 15.0 Å². The van der Waals surface area contributed by atoms with E-state index in [0.29, 0.717) is 25.5 Å². The first-order chi connectivity index (χ1) is 16.6. The van der Waals surface area contributed by atoms with Crippen LogP contribution in [0, 0.1) is 0 Å². The molecule has 2 heterocycles. The van der Waals surface area contributed by atoms with Crippen molar-refractivity contribution in [1.82, 2.24) is 14.9 Å². The number of benzene rings is 3. The van der Waals surface area contributed by atoms with Crippen molar-refractivity contribution < 1.29 is 14.3 Å². The van der Waals surface area contributed by atoms with Gasteiger partial charge in [0.15, 0.2) is 0 Å². The van der Waals surface area contributed by atoms with Crippen molar-refractivity contribution in [2.75, 3.05) is 18.6 Å². The number of hydrogen-bond acceptors (Lipinski definition) is 4. The third-order valence-corrected chi connectivity index (χ3v) is 6.18. The van der Waals surface area contributed by atoms with Crippen LogP contribution >= 0.6 is 0 Å². The quantitative estimate of drug-likeness (QED) is 0.438. The zero-order valence-corrected chi connectivity index (χ0v) is 19.0. The number of nitrogens with zero attached hydrogens (tertiary/aromatic N) is 3. The van der Waals surface area contributed by atoms with Gasteiger partial charge in [-0.3, -0.25) is 19.1 Å². The summed E-state index contributed by atoms with van der Waals surface area (Å²) in [5, 5.41) is 2.95. The summed E-state index contributed by atoms with van der Waals surface area (Å²) in [6.07, 6.45) is 0.740. The highest BCUT2D eigenvalue weighted by atomic mass is 16.5. The Hall–Kier alpha value is -4.13. The number of methoxy groups -OCH3 is 1. The van der Waals surface area contributed by atoms with Gasteiger partial charge in [0.05, 0.1) is 24.6 Å². The van der Waals surface area contributed by atoms with Crippen LogP contribution in [-0.4, -0.2) is 35.0 Å². The molecule has 4 aromatic rings. The molecule has 0 spiro atoms. The third-order valence-electron chi connectivity index (χ3n) is 6.18. The first-order valence-electron chi connectivity index (χ1n) is 11.4. The minimum atomic E-state index is -0.617. The van der Waals surface area contributed by atoms with Gasteiger partial charge < -0.3 is 10.1 Å². The van der Waals surface area contributed by atoms with Crippen LogP contribution in [-0.2, 0) is 22.6 Å². The summed E-state index contributed by atoms with van der Waals surface area (Å²) in [6, 6.07) is 24.7. The Bertz CT molecular complexity index is 1310. The average molecular weight is 455 g/mol. The molecular formula is C27H26N4O3. The smallest absolute Gasteiger partial charge is 0.253 e. The van der Waals surface area contributed by atoms with Crippen molar-refractivity contribution in [3.63, 3.8) is 0 Å². The lowest BCUT2D eigenvalue weighted by Gasteiger charge is -2.16. The molecule has 1 aliphatic rings. The van der Waals surface area contributed by atoms with E-state index >= 15 is 0 Å². The highest BCUT2D eigenvalue weighted by Gasteiger charge is 2.40. The van der Waals surface area contributed by atoms with Crippen molar-refractivity contribution in [2.45, 2.75) is 25.4 Å². The maximum Gasteiger partial charge on any atom is 0.253 e. The number of fused-ring (bicyclic) bond motifs is 3. The van der Waals surface area contributed by atoms with Crippen molar-refractivity contribution in [3.8, 4) is 5.75 Å². The highest BCUT2D eigenvalue weighted by molar-refractivity contribution is 6.03. The monoisotopic (exact) mass is 454 g/mol. The molecule has 0 unspecified atom stereocenters. The Labute approximate surface area is 198 Å². The first kappa shape index (κ1) is 21.7. The van der Waals surface area contributed by atoms with Crippen molar-refractivity contribution in [3.05, 3.63) is 90.0 Å². The fourth-order valence-corrected chi connectivity index (χ4v) is 4.38. The molecule has 1 atom stereocenters. The number of nitrogens with one attached hydrogen (secondary N) is 1. The van der Waals surface area contributed by atoms with Gasteiger partial charge in [-0.05, 0) is 41.8 Å². The Balaban J connectivity index is 1.35. The number of imidazole rings is 1. The lowest BCUT2D eigenvalue weighted by molar-refractivity contribution is -0.127. The standard InChI is InChI=1S/C27H26N4O3/c1-34-21-13-11-19(12-14-21)15-16-30-26(33)24(17-25(32)28-18-20-7-3-2-4-8-20)31-23-10-6-5-9-22(23)29-27(30)31/h2-14,24H,15-18H2,1H3,(H,28,32)/t24-/m1/s1. The number of ether oxygens (including phenoxy) is 1. The van der Waals surface area contributed by atoms with Gasteiger partial charge in [0.25, 0.3) is 5.91 Å². The largest absolute Gasteiger partial charge is 0.497 e. The molecule has 7 nitrogen and oxygen atoms in total. The topological polar surface area (TPSA) is 76.5 Å². The molecule has 0 aliphatic carbocycles. The van der Waals surface area contributed by atoms with E-state index in [1.165, 1.54) is 0 Å². The molecule has 0 saturated heterocycles. The molecule has 1 aromatic heterocycles. The van der Waals surface area contributed by atoms with E-state index in [1.54, 1.807) is 12.0 Å². The maximum atomic E-state index is 13.5. The molecule has 0 fully saturated rings. The van der Waals surface area contributed by atoms with E-state index in [9.17, 15) is 9.59 Å². The Morgan fingerprint density at radius 1 is 0.971 bits per heavy atom. The first-order valence-corrected chi connectivity index (χ1v) is 11.4. The number of para-hydroxylation sites is 2. The van der Waals surface area contributed by atoms with E-state index in [2.05, 4.69) is 5.32 Å². The number of carbonyl (C=O) groups is 2. The van der Waals surface area contributed by atoms with Gasteiger partial charge in [0.1, 0.15) is 11.8 Å². The number of aromatic nitrogens is 2. The molecule has 34 heavy (non-hydrogen) atoms. The summed E-state index contributed by atoms with van der Waals surface area (Å²) >= 11 is 0. The van der Waals surface area contributed by atoms with Crippen molar-refractivity contribution >= 4 is 28.8 Å². The summed E-state index contributed by atoms with van der Waals surface area (Å²) in [5.74, 6) is 1.13. The fourth-order valence-electron chi connectivity index (χ4n) is 4.38. The predicted molar refractivity (Wildman–Crippen MR) is 131 cm³/mol. The van der Waals surface area contributed by atoms with Gasteiger partial charge >= 0.3 is 0 Å². The fraction of sp³-hybridized carbons (Fsp3) is 0.222. The molecule has 7 heteroatoms. The van der Waals surface area contributed by atoms with Crippen LogP contribution in [0.5, 0.6) is 5.75 Å². The molecular weight excluding hydrogens is 428 g/mol. The van der Waals surface area contributed by atoms with Gasteiger partial charge in [0, 0.05) is 13.1 Å². The predicted octanol–water partition coefficient (Wildman–Crippen LogP) is 3.88. The van der Waals surface area contributed by atoms with Crippen molar-refractivity contribution in [1.29, 1.82) is 0 Å². The minimum Gasteiger partial charge on any atom is -0.497 e. The van der Waals surface area contributed by atoms with Gasteiger partial charge in [-0.15, -0.1) is 0 Å². The molecule has 0 saturated carbocycles. The van der Waals surface area contributed by atoms with Crippen LogP contribution in [0.4, 0.5) is 5.95 Å². The van der Waals surface area contributed by atoms with Crippen LogP contribution in [0.2, 0.25) is 0 Å². The summed E-state index contributed by atoms with van der Waals surface area (Å²) < 4.78 is 7.14. The molecule has 0 radical (unpaired) electrons. The summed E-state index contributed by atoms with van der Waals surface area (Å²) in [4.78, 5) is 32.7. The van der Waals surface area contributed by atoms with Crippen molar-refractivity contribution in [2.24, 2.45) is 0 Å². The van der Waals surface area contributed by atoms with E-state index in [1.807, 2.05) is 83.4 Å². The van der Waals surface area contributed by atoms with E-state index in [4.69, 9.17) is 9.72 Å². The number of anilines is 1. The Morgan fingerprint density at radius 3 is 2.47 bits per heavy atom. The molecule has 2 amide bonds. The summed E-state index contributed by atoms with van der Waals surface area (Å²) in [7, 11) is 1.64. The second kappa shape index (κ2) is 9.39. The van der Waals surface area contributed by atoms with Crippen LogP contribution in [0.1, 0.15) is 23.6 Å². The number of rotatable bonds is 8. The third kappa shape index (κ3) is 4.24.